The molecule has 0 heterocycles. The lowest BCUT2D eigenvalue weighted by Crippen LogP contribution is -2.34. The van der Waals surface area contributed by atoms with Crippen LogP contribution in [0.5, 0.6) is 0 Å². The van der Waals surface area contributed by atoms with Crippen molar-refractivity contribution in [3.8, 4) is 0 Å². The van der Waals surface area contributed by atoms with Crippen molar-refractivity contribution in [1.82, 2.24) is 0 Å². The maximum Gasteiger partial charge on any atom is 0.472 e. The third-order valence-electron chi connectivity index (χ3n) is 9.85. The Labute approximate surface area is 383 Å². The molecule has 0 saturated carbocycles. The summed E-state index contributed by atoms with van der Waals surface area (Å²) in [6.45, 7) is 3.59. The van der Waals surface area contributed by atoms with Gasteiger partial charge in [0, 0.05) is 13.0 Å². The van der Waals surface area contributed by atoms with Crippen LogP contribution in [0.15, 0.2) is 97.2 Å². The van der Waals surface area contributed by atoms with Crippen LogP contribution in [0, 0.1) is 0 Å². The summed E-state index contributed by atoms with van der Waals surface area (Å²) in [5, 5.41) is 8.92. The van der Waals surface area contributed by atoms with Gasteiger partial charge in [-0.1, -0.05) is 182 Å². The molecule has 0 aromatic carbocycles. The first-order valence-electron chi connectivity index (χ1n) is 24.3. The fraction of sp³-hybridized carbons (Fsp3) is 0.654. The van der Waals surface area contributed by atoms with E-state index in [0.29, 0.717) is 13.0 Å². The van der Waals surface area contributed by atoms with Gasteiger partial charge in [-0.05, 0) is 89.9 Å². The summed E-state index contributed by atoms with van der Waals surface area (Å²) in [6.07, 6.45) is 61.9. The Morgan fingerprint density at radius 2 is 0.921 bits per heavy atom. The van der Waals surface area contributed by atoms with Crippen molar-refractivity contribution < 1.29 is 42.7 Å². The normalized spacial score (nSPS) is 14.6. The van der Waals surface area contributed by atoms with Crippen LogP contribution in [0.1, 0.15) is 181 Å². The molecular weight excluding hydrogens is 814 g/mol. The second-order valence-electron chi connectivity index (χ2n) is 15.9. The molecule has 0 aliphatic heterocycles. The number of carboxylic acids is 1. The fourth-order valence-electron chi connectivity index (χ4n) is 6.12. The maximum atomic E-state index is 12.7. The van der Waals surface area contributed by atoms with Gasteiger partial charge in [-0.2, -0.15) is 0 Å². The molecule has 0 aromatic heterocycles. The minimum Gasteiger partial charge on any atom is -0.480 e. The monoisotopic (exact) mass is 902 g/mol. The predicted octanol–water partition coefficient (Wildman–Crippen LogP) is 14.1. The second kappa shape index (κ2) is 46.9. The number of unbranched alkanes of at least 4 members (excludes halogenated alkanes) is 15. The molecule has 0 radical (unpaired) electrons. The lowest BCUT2D eigenvalue weighted by Gasteiger charge is -2.20. The van der Waals surface area contributed by atoms with Crippen molar-refractivity contribution in [3.05, 3.63) is 97.2 Å². The molecule has 10 nitrogen and oxygen atoms in total. The molecule has 0 aliphatic carbocycles. The van der Waals surface area contributed by atoms with Crippen LogP contribution >= 0.6 is 7.82 Å². The number of esters is 1. The average molecular weight is 902 g/mol. The third kappa shape index (κ3) is 46.7. The summed E-state index contributed by atoms with van der Waals surface area (Å²) in [4.78, 5) is 33.6. The standard InChI is InChI=1S/C52H88NO9P/c1-3-5-7-9-11-13-15-17-19-21-23-25-26-28-30-32-34-36-38-40-42-44-51(54)62-49(47-60-63(57,58)61-48-50(53)52(55)56)46-59-45-43-41-39-37-35-33-31-29-27-24-22-20-18-16-14-12-10-8-6-4-2/h6,8,12,14-15,17-18,20-21,23-24,27,31,33,37,39,49-50H,3-5,7,9-11,13,16,19,22,25-26,28-30,32,34-36,38,40-48,53H2,1-2H3,(H,55,56)(H,57,58)/b8-6-,14-12-,17-15-,20-18-,23-21-,27-24-,33-31-,39-37-. The molecule has 0 bridgehead atoms. The van der Waals surface area contributed by atoms with E-state index in [4.69, 9.17) is 29.4 Å². The Balaban J connectivity index is 4.31. The van der Waals surface area contributed by atoms with Crippen LogP contribution in [-0.2, 0) is 32.7 Å². The van der Waals surface area contributed by atoms with Gasteiger partial charge in [0.15, 0.2) is 0 Å². The SMILES string of the molecule is CC/C=C\C/C=C\C/C=C\C/C=C\C/C=C\C/C=C\CCCOCC(COP(=O)(O)OCC(N)C(=O)O)OC(=O)CCCCCCCCCCC/C=C\C/C=C\CCCCCCC. The smallest absolute Gasteiger partial charge is 0.472 e. The van der Waals surface area contributed by atoms with Gasteiger partial charge in [0.05, 0.1) is 19.8 Å². The van der Waals surface area contributed by atoms with Gasteiger partial charge in [0.25, 0.3) is 0 Å². The number of ether oxygens (including phenoxy) is 2. The first-order valence-corrected chi connectivity index (χ1v) is 25.8. The van der Waals surface area contributed by atoms with Crippen molar-refractivity contribution in [1.29, 1.82) is 0 Å². The van der Waals surface area contributed by atoms with E-state index >= 15 is 0 Å². The van der Waals surface area contributed by atoms with E-state index in [0.717, 1.165) is 83.5 Å². The Kier molecular flexibility index (Phi) is 44.6. The predicted molar refractivity (Wildman–Crippen MR) is 263 cm³/mol. The van der Waals surface area contributed by atoms with E-state index in [9.17, 15) is 19.0 Å². The quantitative estimate of drug-likeness (QED) is 0.0233. The number of carboxylic acid groups (broad SMARTS) is 1. The van der Waals surface area contributed by atoms with Gasteiger partial charge in [-0.3, -0.25) is 18.6 Å². The van der Waals surface area contributed by atoms with E-state index in [1.165, 1.54) is 70.6 Å². The number of hydrogen-bond acceptors (Lipinski definition) is 8. The molecule has 0 spiro atoms. The highest BCUT2D eigenvalue weighted by molar-refractivity contribution is 7.47. The maximum absolute atomic E-state index is 12.7. The van der Waals surface area contributed by atoms with E-state index < -0.39 is 45.1 Å². The highest BCUT2D eigenvalue weighted by Gasteiger charge is 2.27. The summed E-state index contributed by atoms with van der Waals surface area (Å²) in [5.74, 6) is -1.81. The van der Waals surface area contributed by atoms with E-state index in [2.05, 4.69) is 111 Å². The molecule has 4 N–H and O–H groups in total. The zero-order chi connectivity index (χ0) is 46.2. The summed E-state index contributed by atoms with van der Waals surface area (Å²) >= 11 is 0. The molecule has 0 fully saturated rings. The van der Waals surface area contributed by atoms with Gasteiger partial charge in [-0.25, -0.2) is 4.57 Å². The number of phosphoric ester groups is 1. The number of rotatable bonds is 45. The van der Waals surface area contributed by atoms with Gasteiger partial charge >= 0.3 is 19.8 Å². The van der Waals surface area contributed by atoms with E-state index in [1.807, 2.05) is 0 Å². The fourth-order valence-corrected chi connectivity index (χ4v) is 6.90. The van der Waals surface area contributed by atoms with Crippen LogP contribution in [0.2, 0.25) is 0 Å². The molecule has 360 valence electrons. The van der Waals surface area contributed by atoms with Crippen LogP contribution in [-0.4, -0.2) is 60.5 Å². The molecule has 0 amide bonds. The number of hydrogen-bond donors (Lipinski definition) is 3. The Morgan fingerprint density at radius 1 is 0.524 bits per heavy atom. The highest BCUT2D eigenvalue weighted by atomic mass is 31.2. The molecule has 63 heavy (non-hydrogen) atoms. The Bertz CT molecular complexity index is 1370. The van der Waals surface area contributed by atoms with Gasteiger partial charge < -0.3 is 25.2 Å². The number of aliphatic carboxylic acids is 1. The van der Waals surface area contributed by atoms with E-state index in [-0.39, 0.29) is 13.0 Å². The zero-order valence-electron chi connectivity index (χ0n) is 39.4. The van der Waals surface area contributed by atoms with Crippen molar-refractivity contribution in [2.45, 2.75) is 193 Å². The van der Waals surface area contributed by atoms with Crippen LogP contribution in [0.25, 0.3) is 0 Å². The van der Waals surface area contributed by atoms with E-state index in [1.54, 1.807) is 0 Å². The largest absolute Gasteiger partial charge is 0.480 e. The van der Waals surface area contributed by atoms with Crippen molar-refractivity contribution in [2.75, 3.05) is 26.4 Å². The van der Waals surface area contributed by atoms with Crippen LogP contribution in [0.3, 0.4) is 0 Å². The molecular formula is C52H88NO9P. The minimum atomic E-state index is -4.64. The molecule has 0 rings (SSSR count). The van der Waals surface area contributed by atoms with Crippen LogP contribution in [0.4, 0.5) is 0 Å². The number of nitrogens with two attached hydrogens (primary N) is 1. The van der Waals surface area contributed by atoms with Crippen molar-refractivity contribution in [2.24, 2.45) is 5.73 Å². The Morgan fingerprint density at radius 3 is 1.38 bits per heavy atom. The third-order valence-corrected chi connectivity index (χ3v) is 10.8. The number of allylic oxidation sites excluding steroid dienone is 16. The number of carbonyl (C=O) groups is 2. The summed E-state index contributed by atoms with van der Waals surface area (Å²) in [7, 11) is -4.64. The number of carbonyl (C=O) groups excluding carboxylic acids is 1. The second-order valence-corrected chi connectivity index (χ2v) is 17.3. The molecule has 0 saturated heterocycles. The first kappa shape index (κ1) is 59.9. The van der Waals surface area contributed by atoms with Crippen molar-refractivity contribution in [3.63, 3.8) is 0 Å². The molecule has 3 atom stereocenters. The molecule has 0 aliphatic rings. The van der Waals surface area contributed by atoms with Gasteiger partial charge in [0.1, 0.15) is 12.1 Å². The van der Waals surface area contributed by atoms with Crippen LogP contribution < -0.4 is 5.73 Å². The van der Waals surface area contributed by atoms with Gasteiger partial charge in [0.2, 0.25) is 0 Å². The lowest BCUT2D eigenvalue weighted by molar-refractivity contribution is -0.154. The molecule has 0 aromatic rings. The summed E-state index contributed by atoms with van der Waals surface area (Å²) in [5.41, 5.74) is 5.36. The topological polar surface area (TPSA) is 155 Å². The summed E-state index contributed by atoms with van der Waals surface area (Å²) in [6, 6.07) is -1.49. The molecule has 11 heteroatoms. The van der Waals surface area contributed by atoms with Crippen molar-refractivity contribution >= 4 is 19.8 Å². The van der Waals surface area contributed by atoms with Gasteiger partial charge in [-0.15, -0.1) is 0 Å². The highest BCUT2D eigenvalue weighted by Crippen LogP contribution is 2.43. The molecule has 3 unspecified atom stereocenters. The zero-order valence-corrected chi connectivity index (χ0v) is 40.3. The lowest BCUT2D eigenvalue weighted by atomic mass is 10.1. The first-order chi connectivity index (χ1) is 30.7. The Hall–Kier alpha value is -3.11. The number of phosphoric acid groups is 1. The average Bonchev–Trinajstić information content (AvgIpc) is 3.26. The minimum absolute atomic E-state index is 0.0307. The summed E-state index contributed by atoms with van der Waals surface area (Å²) < 4.78 is 33.4.